The molecular weight excluding hydrogens is 397 g/mol. The number of nitrogens with one attached hydrogen (secondary N) is 1. The van der Waals surface area contributed by atoms with Gasteiger partial charge in [-0.2, -0.15) is 5.26 Å². The molecule has 3 rings (SSSR count). The van der Waals surface area contributed by atoms with Crippen LogP contribution in [0.1, 0.15) is 12.0 Å². The van der Waals surface area contributed by atoms with Crippen molar-refractivity contribution in [2.24, 2.45) is 0 Å². The Kier molecular flexibility index (Phi) is 6.75. The van der Waals surface area contributed by atoms with E-state index in [-0.39, 0.29) is 40.9 Å². The molecule has 0 fully saturated rings. The summed E-state index contributed by atoms with van der Waals surface area (Å²) in [4.78, 5) is 15.6. The van der Waals surface area contributed by atoms with Gasteiger partial charge in [0.05, 0.1) is 21.2 Å². The van der Waals surface area contributed by atoms with Crippen molar-refractivity contribution in [3.63, 3.8) is 0 Å². The predicted octanol–water partition coefficient (Wildman–Crippen LogP) is 0.0320. The summed E-state index contributed by atoms with van der Waals surface area (Å²) in [5.74, 6) is -0.402. The monoisotopic (exact) mass is 409 g/mol. The number of amides is 1. The van der Waals surface area contributed by atoms with Crippen molar-refractivity contribution < 1.29 is 47.3 Å². The van der Waals surface area contributed by atoms with Crippen LogP contribution in [0.5, 0.6) is 0 Å². The SMILES string of the molecule is Cc1ccc2nc(-c3ccc(NC(=O)CC#N)cc3)sc2c1S(=O)(=O)[O-].[Na+]. The first-order valence-corrected chi connectivity index (χ1v) is 9.65. The van der Waals surface area contributed by atoms with E-state index in [2.05, 4.69) is 10.3 Å². The molecule has 0 atom stereocenters. The van der Waals surface area contributed by atoms with Crippen molar-refractivity contribution in [2.75, 3.05) is 5.32 Å². The Bertz CT molecular complexity index is 1150. The number of nitriles is 1. The van der Waals surface area contributed by atoms with E-state index in [1.807, 2.05) is 0 Å². The molecule has 27 heavy (non-hydrogen) atoms. The zero-order chi connectivity index (χ0) is 18.9. The summed E-state index contributed by atoms with van der Waals surface area (Å²) in [5.41, 5.74) is 2.08. The molecule has 1 aromatic heterocycles. The van der Waals surface area contributed by atoms with Crippen molar-refractivity contribution >= 4 is 43.3 Å². The Morgan fingerprint density at radius 3 is 2.52 bits per heavy atom. The molecule has 1 heterocycles. The quantitative estimate of drug-likeness (QED) is 0.479. The maximum atomic E-state index is 11.6. The average molecular weight is 409 g/mol. The van der Waals surface area contributed by atoms with Crippen LogP contribution in [0.2, 0.25) is 0 Å². The van der Waals surface area contributed by atoms with Crippen LogP contribution in [0.4, 0.5) is 5.69 Å². The smallest absolute Gasteiger partial charge is 0.744 e. The Morgan fingerprint density at radius 1 is 1.26 bits per heavy atom. The van der Waals surface area contributed by atoms with Crippen molar-refractivity contribution in [1.82, 2.24) is 4.98 Å². The second kappa shape index (κ2) is 8.48. The van der Waals surface area contributed by atoms with Crippen LogP contribution in [0.3, 0.4) is 0 Å². The summed E-state index contributed by atoms with van der Waals surface area (Å²) >= 11 is 1.13. The van der Waals surface area contributed by atoms with E-state index in [0.717, 1.165) is 16.9 Å². The first-order valence-electron chi connectivity index (χ1n) is 7.43. The maximum Gasteiger partial charge on any atom is 1.00 e. The molecule has 132 valence electrons. The van der Waals surface area contributed by atoms with Crippen molar-refractivity contribution in [3.8, 4) is 16.6 Å². The average Bonchev–Trinajstić information content (AvgIpc) is 2.98. The van der Waals surface area contributed by atoms with E-state index in [1.54, 1.807) is 49.4 Å². The molecule has 0 aliphatic heterocycles. The molecule has 0 bridgehead atoms. The fraction of sp³-hybridized carbons (Fsp3) is 0.118. The Morgan fingerprint density at radius 2 is 1.93 bits per heavy atom. The van der Waals surface area contributed by atoms with Crippen molar-refractivity contribution in [1.29, 1.82) is 5.26 Å². The number of anilines is 1. The third-order valence-corrected chi connectivity index (χ3v) is 5.91. The fourth-order valence-corrected chi connectivity index (χ4v) is 4.76. The van der Waals surface area contributed by atoms with Gasteiger partial charge < -0.3 is 9.87 Å². The number of rotatable bonds is 4. The number of aromatic nitrogens is 1. The molecule has 0 radical (unpaired) electrons. The molecule has 0 saturated heterocycles. The second-order valence-electron chi connectivity index (χ2n) is 5.49. The number of aryl methyl sites for hydroxylation is 1. The maximum absolute atomic E-state index is 11.6. The normalized spacial score (nSPS) is 10.9. The third-order valence-electron chi connectivity index (χ3n) is 3.61. The van der Waals surface area contributed by atoms with E-state index in [1.165, 1.54) is 0 Å². The number of nitrogens with zero attached hydrogens (tertiary/aromatic N) is 2. The molecular formula is C17H12N3NaO4S2. The second-order valence-corrected chi connectivity index (χ2v) is 7.81. The predicted molar refractivity (Wildman–Crippen MR) is 96.6 cm³/mol. The zero-order valence-corrected chi connectivity index (χ0v) is 18.1. The van der Waals surface area contributed by atoms with Gasteiger partial charge in [-0.15, -0.1) is 11.3 Å². The van der Waals surface area contributed by atoms with Gasteiger partial charge in [-0.3, -0.25) is 4.79 Å². The summed E-state index contributed by atoms with van der Waals surface area (Å²) < 4.78 is 35.1. The van der Waals surface area contributed by atoms with Crippen LogP contribution in [0.25, 0.3) is 20.8 Å². The van der Waals surface area contributed by atoms with Crippen molar-refractivity contribution in [3.05, 3.63) is 42.0 Å². The van der Waals surface area contributed by atoms with E-state index in [4.69, 9.17) is 5.26 Å². The summed E-state index contributed by atoms with van der Waals surface area (Å²) in [7, 11) is -4.61. The molecule has 0 saturated carbocycles. The summed E-state index contributed by atoms with van der Waals surface area (Å²) in [6.45, 7) is 1.57. The summed E-state index contributed by atoms with van der Waals surface area (Å²) in [6.07, 6.45) is -0.231. The van der Waals surface area contributed by atoms with Gasteiger partial charge in [0.15, 0.2) is 0 Å². The molecule has 0 aliphatic rings. The van der Waals surface area contributed by atoms with E-state index >= 15 is 0 Å². The van der Waals surface area contributed by atoms with Gasteiger partial charge in [-0.05, 0) is 42.8 Å². The van der Waals surface area contributed by atoms with Gasteiger partial charge in [-0.1, -0.05) is 6.07 Å². The van der Waals surface area contributed by atoms with Gasteiger partial charge in [0.25, 0.3) is 0 Å². The third kappa shape index (κ3) is 4.73. The van der Waals surface area contributed by atoms with E-state index < -0.39 is 16.0 Å². The fourth-order valence-electron chi connectivity index (χ4n) is 2.47. The minimum atomic E-state index is -4.61. The van der Waals surface area contributed by atoms with E-state index in [9.17, 15) is 17.8 Å². The van der Waals surface area contributed by atoms with Gasteiger partial charge in [0.1, 0.15) is 21.5 Å². The molecule has 2 aromatic carbocycles. The molecule has 0 spiro atoms. The van der Waals surface area contributed by atoms with Crippen LogP contribution < -0.4 is 34.9 Å². The molecule has 10 heteroatoms. The standard InChI is InChI=1S/C17H13N3O4S2.Na/c1-10-2-7-13-15(16(10)26(22,23)24)25-17(20-13)11-3-5-12(6-4-11)19-14(21)8-9-18;/h2-7H,8H2,1H3,(H,19,21)(H,22,23,24);/q;+1/p-1. The first kappa shape index (κ1) is 21.5. The number of carbonyl (C=O) groups is 1. The number of hydrogen-bond donors (Lipinski definition) is 1. The number of carbonyl (C=O) groups excluding carboxylic acids is 1. The number of benzene rings is 2. The minimum absolute atomic E-state index is 0. The van der Waals surface area contributed by atoms with Crippen molar-refractivity contribution in [2.45, 2.75) is 18.2 Å². The number of fused-ring (bicyclic) bond motifs is 1. The summed E-state index contributed by atoms with van der Waals surface area (Å²) in [6, 6.07) is 11.8. The minimum Gasteiger partial charge on any atom is -0.744 e. The molecule has 1 N–H and O–H groups in total. The Balaban J connectivity index is 0.00000261. The zero-order valence-electron chi connectivity index (χ0n) is 14.5. The van der Waals surface area contributed by atoms with Crippen LogP contribution in [0.15, 0.2) is 41.3 Å². The Labute approximate surface area is 182 Å². The van der Waals surface area contributed by atoms with E-state index in [0.29, 0.717) is 26.5 Å². The van der Waals surface area contributed by atoms with Crippen LogP contribution in [-0.4, -0.2) is 23.9 Å². The van der Waals surface area contributed by atoms with Gasteiger partial charge in [-0.25, -0.2) is 13.4 Å². The summed E-state index contributed by atoms with van der Waals surface area (Å²) in [5, 5.41) is 11.6. The number of thiazole rings is 1. The molecule has 7 nitrogen and oxygen atoms in total. The molecule has 1 amide bonds. The largest absolute Gasteiger partial charge is 1.00 e. The Hall–Kier alpha value is -1.80. The van der Waals surface area contributed by atoms with Crippen LogP contribution in [-0.2, 0) is 14.9 Å². The van der Waals surface area contributed by atoms with Crippen LogP contribution >= 0.6 is 11.3 Å². The first-order chi connectivity index (χ1) is 12.3. The van der Waals surface area contributed by atoms with Crippen LogP contribution in [0, 0.1) is 18.3 Å². The van der Waals surface area contributed by atoms with Gasteiger partial charge in [0.2, 0.25) is 5.91 Å². The topological polar surface area (TPSA) is 123 Å². The van der Waals surface area contributed by atoms with Gasteiger partial charge >= 0.3 is 29.6 Å². The molecule has 0 unspecified atom stereocenters. The number of hydrogen-bond acceptors (Lipinski definition) is 7. The molecule has 3 aromatic rings. The molecule has 0 aliphatic carbocycles. The van der Waals surface area contributed by atoms with Gasteiger partial charge in [0, 0.05) is 11.3 Å².